The first kappa shape index (κ1) is 19.9. The van der Waals surface area contributed by atoms with Gasteiger partial charge in [-0.2, -0.15) is 0 Å². The molecule has 136 valence electrons. The van der Waals surface area contributed by atoms with Crippen molar-refractivity contribution >= 4 is 23.9 Å². The van der Waals surface area contributed by atoms with Gasteiger partial charge in [0.15, 0.2) is 0 Å². The Labute approximate surface area is 158 Å². The Bertz CT molecular complexity index is 726. The summed E-state index contributed by atoms with van der Waals surface area (Å²) in [6.07, 6.45) is 0. The topological polar surface area (TPSA) is 40.5 Å². The molecule has 0 aromatic heterocycles. The Hall–Kier alpha value is -1.44. The summed E-state index contributed by atoms with van der Waals surface area (Å²) in [5, 5.41) is 21.7. The van der Waals surface area contributed by atoms with Crippen molar-refractivity contribution in [2.24, 2.45) is 0 Å². The Morgan fingerprint density at radius 2 is 0.960 bits per heavy atom. The van der Waals surface area contributed by atoms with E-state index in [1.165, 1.54) is 0 Å². The molecule has 0 aliphatic carbocycles. The molecule has 0 atom stereocenters. The number of phenols is 2. The maximum atomic E-state index is 10.8. The van der Waals surface area contributed by atoms with Crippen LogP contribution in [0, 0.1) is 13.8 Å². The van der Waals surface area contributed by atoms with E-state index in [1.807, 2.05) is 12.1 Å². The molecule has 2 nitrogen and oxygen atoms in total. The summed E-state index contributed by atoms with van der Waals surface area (Å²) < 4.78 is 1.86. The van der Waals surface area contributed by atoms with Crippen molar-refractivity contribution < 1.29 is 10.2 Å². The van der Waals surface area contributed by atoms with E-state index in [-0.39, 0.29) is 25.8 Å². The summed E-state index contributed by atoms with van der Waals surface area (Å²) in [7, 11) is 0. The van der Waals surface area contributed by atoms with Crippen LogP contribution < -0.4 is 8.92 Å². The second kappa shape index (κ2) is 6.70. The molecule has 3 heteroatoms. The maximum absolute atomic E-state index is 10.8. The first-order valence-corrected chi connectivity index (χ1v) is 10.4. The molecule has 0 radical (unpaired) electrons. The van der Waals surface area contributed by atoms with Gasteiger partial charge in [0.2, 0.25) is 0 Å². The molecule has 0 saturated carbocycles. The van der Waals surface area contributed by atoms with Crippen LogP contribution in [0.2, 0.25) is 0 Å². The monoisotopic (exact) mass is 406 g/mol. The summed E-state index contributed by atoms with van der Waals surface area (Å²) in [5.41, 5.74) is 3.98. The normalized spacial score (nSPS) is 12.5. The van der Waals surface area contributed by atoms with Crippen LogP contribution in [0.1, 0.15) is 63.8 Å². The minimum absolute atomic E-state index is 0.119. The van der Waals surface area contributed by atoms with Gasteiger partial charge in [0.05, 0.1) is 0 Å². The summed E-state index contributed by atoms with van der Waals surface area (Å²) >= 11 is -0.161. The van der Waals surface area contributed by atoms with E-state index in [2.05, 4.69) is 67.5 Å². The standard InChI is InChI=1S/C22H30O2Se/c1-13-9-15(21(3,4)5)19(23)17(11-13)25-18-12-14(2)10-16(20(18)24)22(6,7)8/h9-12,23-24H,1-8H3. The van der Waals surface area contributed by atoms with E-state index in [1.54, 1.807) is 0 Å². The molecular weight excluding hydrogens is 375 g/mol. The second-order valence-electron chi connectivity index (χ2n) is 8.92. The molecule has 0 heterocycles. The van der Waals surface area contributed by atoms with Crippen LogP contribution in [0.15, 0.2) is 24.3 Å². The zero-order valence-electron chi connectivity index (χ0n) is 16.6. The summed E-state index contributed by atoms with van der Waals surface area (Å²) in [4.78, 5) is 0. The van der Waals surface area contributed by atoms with Crippen LogP contribution in [0.3, 0.4) is 0 Å². The van der Waals surface area contributed by atoms with Gasteiger partial charge in [-0.1, -0.05) is 0 Å². The number of benzene rings is 2. The molecule has 0 saturated heterocycles. The van der Waals surface area contributed by atoms with E-state index >= 15 is 0 Å². The summed E-state index contributed by atoms with van der Waals surface area (Å²) in [6, 6.07) is 8.21. The SMILES string of the molecule is Cc1cc([Se]c2cc(C)cc(C(C)(C)C)c2O)c(O)c(C(C)(C)C)c1. The average molecular weight is 405 g/mol. The van der Waals surface area contributed by atoms with Gasteiger partial charge in [0.1, 0.15) is 0 Å². The van der Waals surface area contributed by atoms with E-state index in [0.717, 1.165) is 31.2 Å². The predicted molar refractivity (Wildman–Crippen MR) is 108 cm³/mol. The Balaban J connectivity index is 2.58. The summed E-state index contributed by atoms with van der Waals surface area (Å²) in [6.45, 7) is 16.8. The van der Waals surface area contributed by atoms with Crippen LogP contribution in [0.5, 0.6) is 11.5 Å². The molecule has 2 aromatic rings. The van der Waals surface area contributed by atoms with Crippen molar-refractivity contribution in [3.05, 3.63) is 46.5 Å². The molecule has 0 unspecified atom stereocenters. The van der Waals surface area contributed by atoms with E-state index < -0.39 is 0 Å². The number of hydrogen-bond donors (Lipinski definition) is 2. The third kappa shape index (κ3) is 4.40. The molecule has 0 spiro atoms. The molecule has 2 N–H and O–H groups in total. The van der Waals surface area contributed by atoms with Crippen LogP contribution in [-0.2, 0) is 10.8 Å². The number of aryl methyl sites for hydroxylation is 2. The predicted octanol–water partition coefficient (Wildman–Crippen LogP) is 3.96. The minimum atomic E-state index is -0.161. The quantitative estimate of drug-likeness (QED) is 0.743. The first-order chi connectivity index (χ1) is 11.3. The average Bonchev–Trinajstić information content (AvgIpc) is 2.43. The third-order valence-corrected chi connectivity index (χ3v) is 6.50. The summed E-state index contributed by atoms with van der Waals surface area (Å²) in [5.74, 6) is 0.743. The molecule has 0 bridgehead atoms. The van der Waals surface area contributed by atoms with Crippen molar-refractivity contribution in [3.63, 3.8) is 0 Å². The van der Waals surface area contributed by atoms with Crippen molar-refractivity contribution in [1.29, 1.82) is 0 Å². The van der Waals surface area contributed by atoms with Gasteiger partial charge in [-0.3, -0.25) is 0 Å². The van der Waals surface area contributed by atoms with Gasteiger partial charge in [-0.25, -0.2) is 0 Å². The fourth-order valence-corrected chi connectivity index (χ4v) is 5.30. The molecule has 0 fully saturated rings. The number of phenolic OH excluding ortho intramolecular Hbond substituents is 2. The number of hydrogen-bond acceptors (Lipinski definition) is 2. The van der Waals surface area contributed by atoms with Crippen molar-refractivity contribution in [2.75, 3.05) is 0 Å². The van der Waals surface area contributed by atoms with Crippen LogP contribution in [0.4, 0.5) is 0 Å². The molecule has 2 rings (SSSR count). The van der Waals surface area contributed by atoms with Gasteiger partial charge >= 0.3 is 158 Å². The van der Waals surface area contributed by atoms with E-state index in [4.69, 9.17) is 0 Å². The molecule has 0 aliphatic heterocycles. The molecule has 2 aromatic carbocycles. The van der Waals surface area contributed by atoms with Crippen LogP contribution >= 0.6 is 0 Å². The van der Waals surface area contributed by atoms with Crippen LogP contribution in [-0.4, -0.2) is 25.2 Å². The fraction of sp³-hybridized carbons (Fsp3) is 0.455. The fourth-order valence-electron chi connectivity index (χ4n) is 2.91. The van der Waals surface area contributed by atoms with Gasteiger partial charge in [0.25, 0.3) is 0 Å². The Morgan fingerprint density at radius 3 is 1.24 bits per heavy atom. The van der Waals surface area contributed by atoms with Gasteiger partial charge in [-0.15, -0.1) is 0 Å². The third-order valence-electron chi connectivity index (χ3n) is 4.27. The van der Waals surface area contributed by atoms with Crippen LogP contribution in [0.25, 0.3) is 0 Å². The molecule has 0 amide bonds. The zero-order valence-corrected chi connectivity index (χ0v) is 18.3. The van der Waals surface area contributed by atoms with Gasteiger partial charge in [-0.05, 0) is 0 Å². The number of rotatable bonds is 2. The van der Waals surface area contributed by atoms with Crippen molar-refractivity contribution in [2.45, 2.75) is 66.2 Å². The van der Waals surface area contributed by atoms with E-state index in [0.29, 0.717) is 11.5 Å². The molecule has 25 heavy (non-hydrogen) atoms. The first-order valence-electron chi connectivity index (χ1n) is 8.66. The van der Waals surface area contributed by atoms with Crippen molar-refractivity contribution in [3.8, 4) is 11.5 Å². The van der Waals surface area contributed by atoms with E-state index in [9.17, 15) is 10.2 Å². The Kier molecular flexibility index (Phi) is 5.33. The Morgan fingerprint density at radius 1 is 0.640 bits per heavy atom. The van der Waals surface area contributed by atoms with Crippen molar-refractivity contribution in [1.82, 2.24) is 0 Å². The number of aromatic hydroxyl groups is 2. The molecular formula is C22H30O2Se. The second-order valence-corrected chi connectivity index (χ2v) is 11.2. The molecule has 0 aliphatic rings. The zero-order chi connectivity index (χ0) is 19.2. The van der Waals surface area contributed by atoms with Gasteiger partial charge < -0.3 is 0 Å². The van der Waals surface area contributed by atoms with Gasteiger partial charge in [0, 0.05) is 0 Å².